The van der Waals surface area contributed by atoms with Gasteiger partial charge in [-0.2, -0.15) is 0 Å². The van der Waals surface area contributed by atoms with E-state index < -0.39 is 23.9 Å². The van der Waals surface area contributed by atoms with Crippen molar-refractivity contribution in [1.29, 1.82) is 0 Å². The SMILES string of the molecule is CCCCCCCCCCCCCCCCCCOC(=O)/C=C/C(=O)[O-].CCCCCCCCCCCCCCCCCCOC(=O)/C=C/C(=O)[O-].[Ca+2]. The van der Waals surface area contributed by atoms with Crippen LogP contribution >= 0.6 is 0 Å². The Balaban J connectivity index is -0.000000926. The fraction of sp³-hybridized carbons (Fsp3) is 0.818. The molecular formula is C44H78CaO8. The van der Waals surface area contributed by atoms with E-state index in [4.69, 9.17) is 9.47 Å². The number of ether oxygens (including phenoxy) is 2. The van der Waals surface area contributed by atoms with Crippen molar-refractivity contribution in [2.24, 2.45) is 0 Å². The summed E-state index contributed by atoms with van der Waals surface area (Å²) >= 11 is 0. The van der Waals surface area contributed by atoms with Crippen molar-refractivity contribution < 1.29 is 38.9 Å². The van der Waals surface area contributed by atoms with Crippen LogP contribution in [-0.2, 0) is 28.7 Å². The Labute approximate surface area is 355 Å². The van der Waals surface area contributed by atoms with Crippen LogP contribution in [0.15, 0.2) is 24.3 Å². The maximum Gasteiger partial charge on any atom is 2.00 e. The molecule has 0 aromatic heterocycles. The molecule has 0 bridgehead atoms. The van der Waals surface area contributed by atoms with Crippen LogP contribution in [0.4, 0.5) is 0 Å². The summed E-state index contributed by atoms with van der Waals surface area (Å²) in [6.07, 6.45) is 44.9. The number of rotatable bonds is 38. The second-order valence-electron chi connectivity index (χ2n) is 14.2. The van der Waals surface area contributed by atoms with E-state index in [9.17, 15) is 29.4 Å². The normalized spacial score (nSPS) is 10.9. The molecule has 0 heterocycles. The largest absolute Gasteiger partial charge is 2.00 e. The van der Waals surface area contributed by atoms with Gasteiger partial charge in [0.15, 0.2) is 0 Å². The molecule has 8 nitrogen and oxygen atoms in total. The van der Waals surface area contributed by atoms with E-state index in [2.05, 4.69) is 13.8 Å². The first-order chi connectivity index (χ1) is 25.3. The maximum absolute atomic E-state index is 11.1. The van der Waals surface area contributed by atoms with Gasteiger partial charge >= 0.3 is 49.7 Å². The summed E-state index contributed by atoms with van der Waals surface area (Å²) in [4.78, 5) is 42.5. The summed E-state index contributed by atoms with van der Waals surface area (Å²) in [5.74, 6) is -4.00. The summed E-state index contributed by atoms with van der Waals surface area (Å²) in [7, 11) is 0. The van der Waals surface area contributed by atoms with Crippen LogP contribution in [0.5, 0.6) is 0 Å². The molecule has 0 aliphatic rings. The predicted molar refractivity (Wildman–Crippen MR) is 215 cm³/mol. The Hall–Kier alpha value is -1.38. The third-order valence-electron chi connectivity index (χ3n) is 9.20. The number of unbranched alkanes of at least 4 members (excludes halogenated alkanes) is 30. The maximum atomic E-state index is 11.1. The van der Waals surface area contributed by atoms with E-state index in [-0.39, 0.29) is 37.7 Å². The average molecular weight is 775 g/mol. The van der Waals surface area contributed by atoms with Gasteiger partial charge in [-0.05, 0) is 25.0 Å². The average Bonchev–Trinajstić information content (AvgIpc) is 3.12. The molecule has 0 aromatic carbocycles. The molecule has 0 aromatic rings. The molecule has 0 aliphatic carbocycles. The minimum Gasteiger partial charge on any atom is -0.545 e. The Morgan fingerprint density at radius 3 is 0.717 bits per heavy atom. The van der Waals surface area contributed by atoms with Gasteiger partial charge in [0.25, 0.3) is 0 Å². The number of carboxylic acid groups (broad SMARTS) is 2. The molecule has 0 atom stereocenters. The number of carboxylic acids is 2. The van der Waals surface area contributed by atoms with Crippen LogP contribution in [0.2, 0.25) is 0 Å². The third kappa shape index (κ3) is 55.1. The van der Waals surface area contributed by atoms with Crippen molar-refractivity contribution in [1.82, 2.24) is 0 Å². The van der Waals surface area contributed by atoms with Gasteiger partial charge in [0.1, 0.15) is 0 Å². The fourth-order valence-corrected chi connectivity index (χ4v) is 6.01. The number of carbonyl (C=O) groups is 4. The van der Waals surface area contributed by atoms with Crippen molar-refractivity contribution in [3.63, 3.8) is 0 Å². The van der Waals surface area contributed by atoms with E-state index in [1.807, 2.05) is 0 Å². The van der Waals surface area contributed by atoms with Gasteiger partial charge in [0.2, 0.25) is 0 Å². The van der Waals surface area contributed by atoms with Crippen LogP contribution in [0.1, 0.15) is 219 Å². The van der Waals surface area contributed by atoms with E-state index in [0.29, 0.717) is 25.4 Å². The van der Waals surface area contributed by atoms with Crippen LogP contribution < -0.4 is 10.2 Å². The first-order valence-electron chi connectivity index (χ1n) is 21.4. The number of esters is 2. The van der Waals surface area contributed by atoms with Crippen LogP contribution in [0.3, 0.4) is 0 Å². The van der Waals surface area contributed by atoms with Gasteiger partial charge in [-0.3, -0.25) is 0 Å². The standard InChI is InChI=1S/2C22H40O4.Ca/c2*1-2-3-4-5-6-7-8-9-10-11-12-13-14-15-16-17-20-26-22(25)19-18-21(23)24;/h2*18-19H,2-17,20H2,1H3,(H,23,24);/q;;+2/p-2/b2*19-18+;. The molecule has 0 N–H and O–H groups in total. The van der Waals surface area contributed by atoms with Gasteiger partial charge in [-0.1, -0.05) is 206 Å². The molecule has 0 spiro atoms. The second kappa shape index (κ2) is 48.6. The summed E-state index contributed by atoms with van der Waals surface area (Å²) in [6.45, 7) is 5.24. The molecule has 0 amide bonds. The Morgan fingerprint density at radius 2 is 0.528 bits per heavy atom. The van der Waals surface area contributed by atoms with E-state index in [0.717, 1.165) is 37.8 Å². The van der Waals surface area contributed by atoms with Gasteiger partial charge in [-0.15, -0.1) is 0 Å². The quantitative estimate of drug-likeness (QED) is 0.0262. The molecule has 0 saturated carbocycles. The second-order valence-corrected chi connectivity index (χ2v) is 14.2. The summed E-state index contributed by atoms with van der Waals surface area (Å²) in [6, 6.07) is 0. The summed E-state index contributed by atoms with van der Waals surface area (Å²) < 4.78 is 9.79. The first kappa shape index (κ1) is 56.0. The Morgan fingerprint density at radius 1 is 0.340 bits per heavy atom. The monoisotopic (exact) mass is 775 g/mol. The minimum atomic E-state index is -1.38. The van der Waals surface area contributed by atoms with Gasteiger partial charge < -0.3 is 29.3 Å². The predicted octanol–water partition coefficient (Wildman–Crippen LogP) is 9.81. The van der Waals surface area contributed by atoms with E-state index >= 15 is 0 Å². The van der Waals surface area contributed by atoms with Crippen molar-refractivity contribution in [2.75, 3.05) is 13.2 Å². The fourth-order valence-electron chi connectivity index (χ4n) is 6.01. The van der Waals surface area contributed by atoms with Crippen molar-refractivity contribution in [3.05, 3.63) is 24.3 Å². The molecule has 304 valence electrons. The van der Waals surface area contributed by atoms with Crippen molar-refractivity contribution in [2.45, 2.75) is 219 Å². The molecule has 0 rings (SSSR count). The zero-order chi connectivity index (χ0) is 38.6. The topological polar surface area (TPSA) is 133 Å². The van der Waals surface area contributed by atoms with Gasteiger partial charge in [0.05, 0.1) is 25.2 Å². The zero-order valence-corrected chi connectivity index (χ0v) is 36.5. The molecule has 0 fully saturated rings. The molecule has 9 heteroatoms. The minimum absolute atomic E-state index is 0. The Bertz CT molecular complexity index is 803. The molecule has 0 aliphatic heterocycles. The van der Waals surface area contributed by atoms with Gasteiger partial charge in [0, 0.05) is 12.2 Å². The van der Waals surface area contributed by atoms with Crippen LogP contribution in [0.25, 0.3) is 0 Å². The number of aliphatic carboxylic acids is 2. The zero-order valence-electron chi connectivity index (χ0n) is 34.3. The van der Waals surface area contributed by atoms with Crippen molar-refractivity contribution >= 4 is 61.6 Å². The number of hydrogen-bond acceptors (Lipinski definition) is 8. The third-order valence-corrected chi connectivity index (χ3v) is 9.20. The molecule has 0 unspecified atom stereocenters. The van der Waals surface area contributed by atoms with Gasteiger partial charge in [-0.25, -0.2) is 9.59 Å². The van der Waals surface area contributed by atoms with Crippen LogP contribution in [0, 0.1) is 0 Å². The Kier molecular flexibility index (Phi) is 51.4. The molecular weight excluding hydrogens is 697 g/mol. The van der Waals surface area contributed by atoms with Crippen molar-refractivity contribution in [3.8, 4) is 0 Å². The molecule has 0 radical (unpaired) electrons. The number of hydrogen-bond donors (Lipinski definition) is 0. The van der Waals surface area contributed by atoms with E-state index in [1.165, 1.54) is 180 Å². The number of carbonyl (C=O) groups excluding carboxylic acids is 4. The molecule has 0 saturated heterocycles. The summed E-state index contributed by atoms with van der Waals surface area (Å²) in [5.41, 5.74) is 0. The molecule has 53 heavy (non-hydrogen) atoms. The van der Waals surface area contributed by atoms with Crippen LogP contribution in [-0.4, -0.2) is 74.8 Å². The first-order valence-corrected chi connectivity index (χ1v) is 21.4. The summed E-state index contributed by atoms with van der Waals surface area (Å²) in [5, 5.41) is 20.3. The van der Waals surface area contributed by atoms with E-state index in [1.54, 1.807) is 0 Å². The smallest absolute Gasteiger partial charge is 0.545 e.